The molecule has 3 saturated heterocycles. The standard InChI is InChI=1S/C33H51NO3Si/c1-32(2,3)38(4,5)37-29-14-12-25(13-15-29)22-26-10-9-11-28(23-26)33(18-7-6-8-19-33)31(35)36-30-24-34-20-16-27(30)17-21-34/h9-11,22-23,27,29-30H,6-8,12-21,24H2,1-5H3/t29?,30-/m0/s1. The van der Waals surface area contributed by atoms with Crippen LogP contribution in [-0.4, -0.2) is 51.0 Å². The number of piperidine rings is 3. The van der Waals surface area contributed by atoms with Crippen molar-refractivity contribution in [2.24, 2.45) is 5.92 Å². The fourth-order valence-corrected chi connectivity index (χ4v) is 8.46. The largest absolute Gasteiger partial charge is 0.460 e. The Morgan fingerprint density at radius 1 is 1.03 bits per heavy atom. The number of ether oxygens (including phenoxy) is 1. The number of hydrogen-bond donors (Lipinski definition) is 0. The molecule has 1 aromatic rings. The quantitative estimate of drug-likeness (QED) is 0.273. The van der Waals surface area contributed by atoms with Gasteiger partial charge in [0.2, 0.25) is 0 Å². The van der Waals surface area contributed by atoms with Crippen molar-refractivity contribution in [3.8, 4) is 0 Å². The summed E-state index contributed by atoms with van der Waals surface area (Å²) in [5, 5.41) is 0.258. The molecule has 1 aromatic carbocycles. The van der Waals surface area contributed by atoms with Crippen molar-refractivity contribution in [2.75, 3.05) is 19.6 Å². The Bertz CT molecular complexity index is 1000. The van der Waals surface area contributed by atoms with E-state index in [1.165, 1.54) is 49.1 Å². The molecular weight excluding hydrogens is 486 g/mol. The lowest BCUT2D eigenvalue weighted by Gasteiger charge is -2.45. The minimum atomic E-state index is -1.72. The van der Waals surface area contributed by atoms with E-state index >= 15 is 0 Å². The van der Waals surface area contributed by atoms with Gasteiger partial charge in [-0.3, -0.25) is 9.69 Å². The third kappa shape index (κ3) is 6.00. The first-order valence-electron chi connectivity index (χ1n) is 15.5. The molecule has 210 valence electrons. The number of fused-ring (bicyclic) bond motifs is 3. The number of carbonyl (C=O) groups excluding carboxylic acids is 1. The van der Waals surface area contributed by atoms with E-state index in [0.29, 0.717) is 12.0 Å². The maximum atomic E-state index is 13.9. The zero-order valence-corrected chi connectivity index (χ0v) is 25.7. The van der Waals surface area contributed by atoms with Crippen LogP contribution in [0.3, 0.4) is 0 Å². The van der Waals surface area contributed by atoms with Crippen molar-refractivity contribution in [1.29, 1.82) is 0 Å². The van der Waals surface area contributed by atoms with E-state index in [4.69, 9.17) is 9.16 Å². The number of rotatable bonds is 6. The molecular formula is C33H51NO3Si. The number of carbonyl (C=O) groups is 1. The monoisotopic (exact) mass is 537 g/mol. The molecule has 3 aliphatic heterocycles. The third-order valence-electron chi connectivity index (χ3n) is 10.6. The van der Waals surface area contributed by atoms with Gasteiger partial charge in [-0.05, 0) is 99.6 Å². The molecule has 3 heterocycles. The third-order valence-corrected chi connectivity index (χ3v) is 15.1. The van der Waals surface area contributed by atoms with Crippen molar-refractivity contribution in [1.82, 2.24) is 4.90 Å². The van der Waals surface area contributed by atoms with Gasteiger partial charge in [-0.2, -0.15) is 0 Å². The Morgan fingerprint density at radius 3 is 2.32 bits per heavy atom. The first kappa shape index (κ1) is 28.1. The summed E-state index contributed by atoms with van der Waals surface area (Å²) in [6, 6.07) is 8.86. The predicted octanol–water partition coefficient (Wildman–Crippen LogP) is 7.87. The summed E-state index contributed by atoms with van der Waals surface area (Å²) in [4.78, 5) is 16.4. The Labute approximate surface area is 232 Å². The van der Waals surface area contributed by atoms with E-state index in [-0.39, 0.29) is 17.1 Å². The van der Waals surface area contributed by atoms with Gasteiger partial charge in [0.15, 0.2) is 8.32 Å². The van der Waals surface area contributed by atoms with E-state index in [2.05, 4.69) is 69.1 Å². The summed E-state index contributed by atoms with van der Waals surface area (Å²) < 4.78 is 13.1. The molecule has 0 aromatic heterocycles. The summed E-state index contributed by atoms with van der Waals surface area (Å²) >= 11 is 0. The normalized spacial score (nSPS) is 29.7. The summed E-state index contributed by atoms with van der Waals surface area (Å²) in [5.74, 6) is 0.598. The number of benzene rings is 1. The minimum Gasteiger partial charge on any atom is -0.460 e. The van der Waals surface area contributed by atoms with Crippen molar-refractivity contribution in [3.05, 3.63) is 41.0 Å². The second kappa shape index (κ2) is 11.2. The van der Waals surface area contributed by atoms with Gasteiger partial charge in [0.25, 0.3) is 0 Å². The van der Waals surface area contributed by atoms with Crippen LogP contribution in [0.25, 0.3) is 6.08 Å². The smallest absolute Gasteiger partial charge is 0.316 e. The maximum absolute atomic E-state index is 13.9. The van der Waals surface area contributed by atoms with Crippen molar-refractivity contribution < 1.29 is 14.0 Å². The van der Waals surface area contributed by atoms with E-state index in [1.54, 1.807) is 0 Å². The van der Waals surface area contributed by atoms with Gasteiger partial charge < -0.3 is 9.16 Å². The molecule has 0 radical (unpaired) electrons. The van der Waals surface area contributed by atoms with Crippen LogP contribution in [0.5, 0.6) is 0 Å². The summed E-state index contributed by atoms with van der Waals surface area (Å²) in [6.45, 7) is 15.0. The van der Waals surface area contributed by atoms with Crippen LogP contribution in [-0.2, 0) is 19.4 Å². The van der Waals surface area contributed by atoms with Crippen molar-refractivity contribution in [2.45, 2.75) is 127 Å². The van der Waals surface area contributed by atoms with Crippen LogP contribution in [0.1, 0.15) is 103 Å². The average molecular weight is 538 g/mol. The van der Waals surface area contributed by atoms with Gasteiger partial charge in [-0.25, -0.2) is 0 Å². The fourth-order valence-electron chi connectivity index (χ4n) is 7.04. The molecule has 5 aliphatic rings. The van der Waals surface area contributed by atoms with Crippen molar-refractivity contribution >= 4 is 20.4 Å². The zero-order valence-electron chi connectivity index (χ0n) is 24.7. The molecule has 2 aliphatic carbocycles. The Morgan fingerprint density at radius 2 is 1.71 bits per heavy atom. The average Bonchev–Trinajstić information content (AvgIpc) is 2.90. The van der Waals surface area contributed by atoms with Crippen molar-refractivity contribution in [3.63, 3.8) is 0 Å². The Hall–Kier alpha value is -1.43. The van der Waals surface area contributed by atoms with E-state index in [0.717, 1.165) is 57.9 Å². The SMILES string of the molecule is CC(C)(C)[Si](C)(C)OC1CCC(=Cc2cccc(C3(C(=O)O[C@H]4CN5CCC4CC5)CCCCC3)c2)CC1. The first-order chi connectivity index (χ1) is 18.1. The van der Waals surface area contributed by atoms with Gasteiger partial charge in [0.1, 0.15) is 6.10 Å². The van der Waals surface area contributed by atoms with E-state index < -0.39 is 13.7 Å². The molecule has 0 N–H and O–H groups in total. The highest BCUT2D eigenvalue weighted by atomic mass is 28.4. The van der Waals surface area contributed by atoms with Gasteiger partial charge in [-0.15, -0.1) is 0 Å². The number of esters is 1. The minimum absolute atomic E-state index is 0.0454. The Kier molecular flexibility index (Phi) is 8.29. The molecule has 0 amide bonds. The number of hydrogen-bond acceptors (Lipinski definition) is 4. The summed E-state index contributed by atoms with van der Waals surface area (Å²) in [6.07, 6.45) is 14.9. The van der Waals surface area contributed by atoms with Gasteiger partial charge in [-0.1, -0.05) is 75.9 Å². The highest BCUT2D eigenvalue weighted by Crippen LogP contribution is 2.43. The van der Waals surface area contributed by atoms with Crippen LogP contribution >= 0.6 is 0 Å². The lowest BCUT2D eigenvalue weighted by molar-refractivity contribution is -0.167. The summed E-state index contributed by atoms with van der Waals surface area (Å²) in [7, 11) is -1.72. The molecule has 5 fully saturated rings. The van der Waals surface area contributed by atoms with Crippen LogP contribution in [0.15, 0.2) is 29.8 Å². The maximum Gasteiger partial charge on any atom is 0.316 e. The lowest BCUT2D eigenvalue weighted by atomic mass is 9.69. The zero-order chi connectivity index (χ0) is 27.0. The number of nitrogens with zero attached hydrogens (tertiary/aromatic N) is 1. The molecule has 4 nitrogen and oxygen atoms in total. The molecule has 1 atom stereocenters. The molecule has 0 spiro atoms. The lowest BCUT2D eigenvalue weighted by Crippen LogP contribution is -2.53. The molecule has 6 rings (SSSR count). The van der Waals surface area contributed by atoms with Crippen LogP contribution in [0, 0.1) is 5.92 Å². The fraction of sp³-hybridized carbons (Fsp3) is 0.727. The molecule has 2 saturated carbocycles. The van der Waals surface area contributed by atoms with Crippen LogP contribution in [0.4, 0.5) is 0 Å². The van der Waals surface area contributed by atoms with Crippen LogP contribution < -0.4 is 0 Å². The van der Waals surface area contributed by atoms with Gasteiger partial charge in [0.05, 0.1) is 5.41 Å². The Balaban J connectivity index is 1.28. The van der Waals surface area contributed by atoms with Gasteiger partial charge in [0, 0.05) is 12.6 Å². The first-order valence-corrected chi connectivity index (χ1v) is 18.4. The van der Waals surface area contributed by atoms with E-state index in [1.807, 2.05) is 0 Å². The topological polar surface area (TPSA) is 38.8 Å². The highest BCUT2D eigenvalue weighted by Gasteiger charge is 2.46. The summed E-state index contributed by atoms with van der Waals surface area (Å²) in [5.41, 5.74) is 3.45. The second-order valence-electron chi connectivity index (χ2n) is 14.2. The highest BCUT2D eigenvalue weighted by molar-refractivity contribution is 6.74. The van der Waals surface area contributed by atoms with Gasteiger partial charge >= 0.3 is 5.97 Å². The molecule has 5 heteroatoms. The molecule has 38 heavy (non-hydrogen) atoms. The second-order valence-corrected chi connectivity index (χ2v) is 19.0. The predicted molar refractivity (Wildman–Crippen MR) is 159 cm³/mol. The molecule has 0 unspecified atom stereocenters. The molecule has 2 bridgehead atoms. The van der Waals surface area contributed by atoms with Crippen LogP contribution in [0.2, 0.25) is 18.1 Å². The number of allylic oxidation sites excluding steroid dienone is 1. The van der Waals surface area contributed by atoms with E-state index in [9.17, 15) is 4.79 Å².